The van der Waals surface area contributed by atoms with Crippen LogP contribution in [0.5, 0.6) is 0 Å². The van der Waals surface area contributed by atoms with Gasteiger partial charge in [0.25, 0.3) is 0 Å². The molecule has 0 aromatic heterocycles. The van der Waals surface area contributed by atoms with Gasteiger partial charge in [-0.15, -0.1) is 0 Å². The first kappa shape index (κ1) is 8.55. The number of hydrogen-bond acceptors (Lipinski definition) is 1. The third kappa shape index (κ3) is 1.39. The zero-order valence-corrected chi connectivity index (χ0v) is 8.29. The second-order valence-electron chi connectivity index (χ2n) is 5.25. The van der Waals surface area contributed by atoms with Crippen molar-refractivity contribution in [3.05, 3.63) is 0 Å². The van der Waals surface area contributed by atoms with Gasteiger partial charge in [0, 0.05) is 6.04 Å². The van der Waals surface area contributed by atoms with E-state index in [1.165, 1.54) is 25.7 Å². The van der Waals surface area contributed by atoms with E-state index in [1.54, 1.807) is 0 Å². The van der Waals surface area contributed by atoms with Crippen LogP contribution in [-0.4, -0.2) is 6.04 Å². The fourth-order valence-electron chi connectivity index (χ4n) is 3.47. The highest BCUT2D eigenvalue weighted by molar-refractivity contribution is 4.93. The maximum Gasteiger partial charge on any atom is 0.00960 e. The molecule has 1 heteroatoms. The Labute approximate surface area is 75.7 Å². The highest BCUT2D eigenvalue weighted by atomic mass is 14.7. The third-order valence-electron chi connectivity index (χ3n) is 3.91. The summed E-state index contributed by atoms with van der Waals surface area (Å²) in [7, 11) is 0. The van der Waals surface area contributed by atoms with Crippen LogP contribution in [0.25, 0.3) is 0 Å². The van der Waals surface area contributed by atoms with Crippen molar-refractivity contribution in [2.45, 2.75) is 45.6 Å². The number of nitrogens with two attached hydrogens (primary N) is 1. The van der Waals surface area contributed by atoms with E-state index in [2.05, 4.69) is 13.8 Å². The van der Waals surface area contributed by atoms with Gasteiger partial charge in [0.2, 0.25) is 0 Å². The Morgan fingerprint density at radius 3 is 1.50 bits per heavy atom. The molecule has 12 heavy (non-hydrogen) atoms. The Hall–Kier alpha value is -0.0400. The molecule has 2 bridgehead atoms. The van der Waals surface area contributed by atoms with Gasteiger partial charge >= 0.3 is 0 Å². The molecule has 0 amide bonds. The van der Waals surface area contributed by atoms with Crippen LogP contribution in [0.4, 0.5) is 0 Å². The third-order valence-corrected chi connectivity index (χ3v) is 3.91. The van der Waals surface area contributed by atoms with Crippen LogP contribution in [-0.2, 0) is 0 Å². The summed E-state index contributed by atoms with van der Waals surface area (Å²) in [5.74, 6) is 3.57. The van der Waals surface area contributed by atoms with E-state index < -0.39 is 0 Å². The molecule has 2 N–H and O–H groups in total. The van der Waals surface area contributed by atoms with Crippen LogP contribution in [0.1, 0.15) is 39.5 Å². The largest absolute Gasteiger partial charge is 0.327 e. The maximum absolute atomic E-state index is 6.21. The van der Waals surface area contributed by atoms with Crippen molar-refractivity contribution in [3.63, 3.8) is 0 Å². The van der Waals surface area contributed by atoms with Crippen molar-refractivity contribution in [1.29, 1.82) is 0 Å². The van der Waals surface area contributed by atoms with Gasteiger partial charge in [0.1, 0.15) is 0 Å². The molecule has 0 aromatic rings. The van der Waals surface area contributed by atoms with E-state index in [9.17, 15) is 0 Å². The predicted octanol–water partition coefficient (Wildman–Crippen LogP) is 2.41. The molecule has 2 rings (SSSR count). The van der Waals surface area contributed by atoms with E-state index in [1.807, 2.05) is 0 Å². The van der Waals surface area contributed by atoms with Crippen LogP contribution in [0.2, 0.25) is 0 Å². The second-order valence-corrected chi connectivity index (χ2v) is 5.25. The van der Waals surface area contributed by atoms with Gasteiger partial charge in [-0.1, -0.05) is 13.8 Å². The summed E-state index contributed by atoms with van der Waals surface area (Å²) in [6.07, 6.45) is 5.56. The molecule has 2 saturated carbocycles. The molecule has 2 aliphatic rings. The zero-order valence-electron chi connectivity index (χ0n) is 8.29. The van der Waals surface area contributed by atoms with E-state index in [0.717, 1.165) is 23.7 Å². The molecule has 0 heterocycles. The normalized spacial score (nSPS) is 53.8. The maximum atomic E-state index is 6.21. The van der Waals surface area contributed by atoms with Gasteiger partial charge in [0.15, 0.2) is 0 Å². The summed E-state index contributed by atoms with van der Waals surface area (Å²) in [5.41, 5.74) is 6.21. The van der Waals surface area contributed by atoms with Crippen molar-refractivity contribution in [2.24, 2.45) is 29.4 Å². The molecule has 0 atom stereocenters. The quantitative estimate of drug-likeness (QED) is 0.589. The Kier molecular flexibility index (Phi) is 2.16. The molecule has 0 aromatic carbocycles. The first-order chi connectivity index (χ1) is 5.66. The average molecular weight is 167 g/mol. The van der Waals surface area contributed by atoms with Crippen LogP contribution in [0.15, 0.2) is 0 Å². The fraction of sp³-hybridized carbons (Fsp3) is 1.00. The molecule has 0 unspecified atom stereocenters. The summed E-state index contributed by atoms with van der Waals surface area (Å²) in [6.45, 7) is 4.78. The van der Waals surface area contributed by atoms with Gasteiger partial charge in [-0.05, 0) is 49.4 Å². The highest BCUT2D eigenvalue weighted by Gasteiger charge is 2.38. The highest BCUT2D eigenvalue weighted by Crippen LogP contribution is 2.43. The Balaban J connectivity index is 2.08. The summed E-state index contributed by atoms with van der Waals surface area (Å²) in [4.78, 5) is 0. The molecule has 0 aliphatic heterocycles. The topological polar surface area (TPSA) is 26.0 Å². The van der Waals surface area contributed by atoms with Gasteiger partial charge < -0.3 is 5.73 Å². The molecule has 1 nitrogen and oxygen atoms in total. The van der Waals surface area contributed by atoms with Gasteiger partial charge in [-0.25, -0.2) is 0 Å². The van der Waals surface area contributed by atoms with Crippen molar-refractivity contribution in [3.8, 4) is 0 Å². The minimum absolute atomic E-state index is 0.539. The lowest BCUT2D eigenvalue weighted by Crippen LogP contribution is -2.47. The molecule has 0 spiro atoms. The lowest BCUT2D eigenvalue weighted by atomic mass is 9.63. The molecular weight excluding hydrogens is 146 g/mol. The Morgan fingerprint density at radius 1 is 0.833 bits per heavy atom. The van der Waals surface area contributed by atoms with Crippen molar-refractivity contribution in [2.75, 3.05) is 0 Å². The first-order valence-corrected chi connectivity index (χ1v) is 5.42. The van der Waals surface area contributed by atoms with Crippen LogP contribution >= 0.6 is 0 Å². The van der Waals surface area contributed by atoms with Gasteiger partial charge in [-0.3, -0.25) is 0 Å². The smallest absolute Gasteiger partial charge is 0.00960 e. The molecule has 2 fully saturated rings. The standard InChI is InChI=1S/C11H21N/c1-7-3-9-5-8(2)6-10(4-7)11(9)12/h7-11H,3-6,12H2,1-2H3. The molecular formula is C11H21N. The zero-order chi connectivity index (χ0) is 8.72. The van der Waals surface area contributed by atoms with Crippen LogP contribution in [0.3, 0.4) is 0 Å². The van der Waals surface area contributed by atoms with E-state index in [-0.39, 0.29) is 0 Å². The minimum atomic E-state index is 0.539. The van der Waals surface area contributed by atoms with E-state index in [4.69, 9.17) is 5.73 Å². The number of rotatable bonds is 0. The monoisotopic (exact) mass is 167 g/mol. The lowest BCUT2D eigenvalue weighted by molar-refractivity contribution is 0.0828. The summed E-state index contributed by atoms with van der Waals surface area (Å²) < 4.78 is 0. The average Bonchev–Trinajstić information content (AvgIpc) is 1.94. The van der Waals surface area contributed by atoms with Gasteiger partial charge in [-0.2, -0.15) is 0 Å². The fourth-order valence-corrected chi connectivity index (χ4v) is 3.47. The minimum Gasteiger partial charge on any atom is -0.327 e. The summed E-state index contributed by atoms with van der Waals surface area (Å²) in [6, 6.07) is 0.539. The van der Waals surface area contributed by atoms with Crippen LogP contribution in [0, 0.1) is 23.7 Å². The SMILES string of the molecule is CC1CC2CC(C)CC(C1)C2N. The molecule has 0 saturated heterocycles. The predicted molar refractivity (Wildman–Crippen MR) is 51.8 cm³/mol. The first-order valence-electron chi connectivity index (χ1n) is 5.42. The van der Waals surface area contributed by atoms with Gasteiger partial charge in [0.05, 0.1) is 0 Å². The number of hydrogen-bond donors (Lipinski definition) is 1. The van der Waals surface area contributed by atoms with Crippen LogP contribution < -0.4 is 5.73 Å². The van der Waals surface area contributed by atoms with Crippen molar-refractivity contribution in [1.82, 2.24) is 0 Å². The second kappa shape index (κ2) is 3.02. The Bertz CT molecular complexity index is 136. The van der Waals surface area contributed by atoms with E-state index in [0.29, 0.717) is 6.04 Å². The van der Waals surface area contributed by atoms with Crippen molar-refractivity contribution >= 4 is 0 Å². The molecule has 0 radical (unpaired) electrons. The molecule has 2 aliphatic carbocycles. The Morgan fingerprint density at radius 2 is 1.17 bits per heavy atom. The van der Waals surface area contributed by atoms with E-state index >= 15 is 0 Å². The summed E-state index contributed by atoms with van der Waals surface area (Å²) in [5, 5.41) is 0. The number of fused-ring (bicyclic) bond motifs is 2. The van der Waals surface area contributed by atoms with Crippen molar-refractivity contribution < 1.29 is 0 Å². The summed E-state index contributed by atoms with van der Waals surface area (Å²) >= 11 is 0. The lowest BCUT2D eigenvalue weighted by Gasteiger charge is -2.45. The molecule has 70 valence electrons.